The first-order valence-electron chi connectivity index (χ1n) is 4.81. The van der Waals surface area contributed by atoms with E-state index in [-0.39, 0.29) is 11.7 Å². The van der Waals surface area contributed by atoms with Crippen LogP contribution in [-0.4, -0.2) is 26.0 Å². The largest absolute Gasteiger partial charge is 0.497 e. The summed E-state index contributed by atoms with van der Waals surface area (Å²) in [6.07, 6.45) is 0. The number of halogens is 1. The molecule has 1 saturated heterocycles. The van der Waals surface area contributed by atoms with Crippen LogP contribution in [0, 0.1) is 5.92 Å². The summed E-state index contributed by atoms with van der Waals surface area (Å²) in [4.78, 5) is 11.9. The van der Waals surface area contributed by atoms with Crippen molar-refractivity contribution >= 4 is 17.4 Å². The number of rotatable bonds is 3. The highest BCUT2D eigenvalue weighted by Gasteiger charge is 2.27. The molecule has 3 nitrogen and oxygen atoms in total. The van der Waals surface area contributed by atoms with Gasteiger partial charge in [0.2, 0.25) is 0 Å². The maximum Gasteiger partial charge on any atom is 0.169 e. The van der Waals surface area contributed by atoms with Crippen molar-refractivity contribution in [3.05, 3.63) is 28.8 Å². The van der Waals surface area contributed by atoms with E-state index in [4.69, 9.17) is 16.3 Å². The summed E-state index contributed by atoms with van der Waals surface area (Å²) in [5.41, 5.74) is 0.587. The Morgan fingerprint density at radius 2 is 2.27 bits per heavy atom. The third-order valence-electron chi connectivity index (χ3n) is 2.59. The molecule has 0 atom stereocenters. The molecule has 0 unspecified atom stereocenters. The lowest BCUT2D eigenvalue weighted by molar-refractivity contribution is 0.0878. The summed E-state index contributed by atoms with van der Waals surface area (Å²) in [5.74, 6) is 0.862. The van der Waals surface area contributed by atoms with Crippen LogP contribution in [0.2, 0.25) is 5.02 Å². The van der Waals surface area contributed by atoms with E-state index in [1.165, 1.54) is 0 Å². The lowest BCUT2D eigenvalue weighted by Crippen LogP contribution is -2.46. The molecule has 0 aromatic heterocycles. The molecule has 0 radical (unpaired) electrons. The van der Waals surface area contributed by atoms with Crippen molar-refractivity contribution in [1.82, 2.24) is 5.32 Å². The standard InChI is InChI=1S/C11H12ClNO2/c1-15-8-2-3-9(10(12)4-8)11(14)7-5-13-6-7/h2-4,7,13H,5-6H2,1H3. The summed E-state index contributed by atoms with van der Waals surface area (Å²) in [6, 6.07) is 5.15. The highest BCUT2D eigenvalue weighted by Crippen LogP contribution is 2.25. The maximum absolute atomic E-state index is 11.9. The van der Waals surface area contributed by atoms with Crippen LogP contribution in [-0.2, 0) is 0 Å². The minimum Gasteiger partial charge on any atom is -0.497 e. The minimum atomic E-state index is 0.0795. The molecule has 1 N–H and O–H groups in total. The van der Waals surface area contributed by atoms with Crippen LogP contribution >= 0.6 is 11.6 Å². The number of hydrogen-bond acceptors (Lipinski definition) is 3. The lowest BCUT2D eigenvalue weighted by Gasteiger charge is -2.25. The average molecular weight is 226 g/mol. The molecule has 1 aliphatic heterocycles. The van der Waals surface area contributed by atoms with Gasteiger partial charge in [-0.3, -0.25) is 4.79 Å². The number of carbonyl (C=O) groups is 1. The van der Waals surface area contributed by atoms with Gasteiger partial charge in [0, 0.05) is 24.6 Å². The van der Waals surface area contributed by atoms with Crippen molar-refractivity contribution in [3.8, 4) is 5.75 Å². The fourth-order valence-electron chi connectivity index (χ4n) is 1.52. The van der Waals surface area contributed by atoms with Gasteiger partial charge in [-0.25, -0.2) is 0 Å². The number of ether oxygens (including phenoxy) is 1. The number of Topliss-reactive ketones (excluding diaryl/α,β-unsaturated/α-hetero) is 1. The molecule has 0 spiro atoms. The fraction of sp³-hybridized carbons (Fsp3) is 0.364. The molecule has 1 heterocycles. The van der Waals surface area contributed by atoms with Gasteiger partial charge in [0.05, 0.1) is 12.1 Å². The number of ketones is 1. The van der Waals surface area contributed by atoms with Crippen molar-refractivity contribution in [2.45, 2.75) is 0 Å². The van der Waals surface area contributed by atoms with Crippen LogP contribution in [0.5, 0.6) is 5.75 Å². The van der Waals surface area contributed by atoms with Gasteiger partial charge in [0.25, 0.3) is 0 Å². The minimum absolute atomic E-state index is 0.0795. The van der Waals surface area contributed by atoms with Gasteiger partial charge >= 0.3 is 0 Å². The van der Waals surface area contributed by atoms with Gasteiger partial charge in [0.15, 0.2) is 5.78 Å². The zero-order valence-corrected chi connectivity index (χ0v) is 9.17. The number of benzene rings is 1. The van der Waals surface area contributed by atoms with Gasteiger partial charge in [-0.1, -0.05) is 11.6 Å². The Kier molecular flexibility index (Phi) is 2.93. The van der Waals surface area contributed by atoms with Gasteiger partial charge < -0.3 is 10.1 Å². The van der Waals surface area contributed by atoms with E-state index < -0.39 is 0 Å². The number of carbonyl (C=O) groups excluding carboxylic acids is 1. The van der Waals surface area contributed by atoms with Crippen LogP contribution in [0.15, 0.2) is 18.2 Å². The first-order chi connectivity index (χ1) is 7.22. The molecule has 1 aromatic carbocycles. The van der Waals surface area contributed by atoms with Crippen molar-refractivity contribution < 1.29 is 9.53 Å². The molecular weight excluding hydrogens is 214 g/mol. The van der Waals surface area contributed by atoms with Crippen molar-refractivity contribution in [2.75, 3.05) is 20.2 Å². The van der Waals surface area contributed by atoms with E-state index in [1.54, 1.807) is 25.3 Å². The monoisotopic (exact) mass is 225 g/mol. The van der Waals surface area contributed by atoms with Crippen molar-refractivity contribution in [1.29, 1.82) is 0 Å². The van der Waals surface area contributed by atoms with Crippen molar-refractivity contribution in [2.24, 2.45) is 5.92 Å². The second-order valence-electron chi connectivity index (χ2n) is 3.57. The molecule has 1 fully saturated rings. The van der Waals surface area contributed by atoms with Gasteiger partial charge in [-0.05, 0) is 18.2 Å². The fourth-order valence-corrected chi connectivity index (χ4v) is 1.78. The Balaban J connectivity index is 2.24. The zero-order chi connectivity index (χ0) is 10.8. The Morgan fingerprint density at radius 3 is 2.73 bits per heavy atom. The Labute approximate surface area is 93.4 Å². The van der Waals surface area contributed by atoms with E-state index in [1.807, 2.05) is 0 Å². The molecule has 2 rings (SSSR count). The van der Waals surface area contributed by atoms with Crippen LogP contribution in [0.3, 0.4) is 0 Å². The van der Waals surface area contributed by atoms with Crippen LogP contribution in [0.4, 0.5) is 0 Å². The van der Waals surface area contributed by atoms with Crippen LogP contribution < -0.4 is 10.1 Å². The van der Waals surface area contributed by atoms with Crippen molar-refractivity contribution in [3.63, 3.8) is 0 Å². The predicted molar refractivity (Wildman–Crippen MR) is 58.7 cm³/mol. The molecule has 0 bridgehead atoms. The van der Waals surface area contributed by atoms with E-state index in [2.05, 4.69) is 5.32 Å². The number of nitrogens with one attached hydrogen (secondary N) is 1. The summed E-state index contributed by atoms with van der Waals surface area (Å²) in [5, 5.41) is 3.53. The first-order valence-corrected chi connectivity index (χ1v) is 5.18. The molecule has 0 aliphatic carbocycles. The van der Waals surface area contributed by atoms with E-state index in [0.717, 1.165) is 13.1 Å². The smallest absolute Gasteiger partial charge is 0.169 e. The molecule has 15 heavy (non-hydrogen) atoms. The first kappa shape index (κ1) is 10.5. The Hall–Kier alpha value is -1.06. The average Bonchev–Trinajstić information content (AvgIpc) is 2.14. The van der Waals surface area contributed by atoms with E-state index in [0.29, 0.717) is 16.3 Å². The van der Waals surface area contributed by atoms with Crippen LogP contribution in [0.1, 0.15) is 10.4 Å². The second-order valence-corrected chi connectivity index (χ2v) is 3.97. The Bertz CT molecular complexity index is 388. The highest BCUT2D eigenvalue weighted by molar-refractivity contribution is 6.34. The van der Waals surface area contributed by atoms with Gasteiger partial charge in [-0.2, -0.15) is 0 Å². The van der Waals surface area contributed by atoms with Crippen LogP contribution in [0.25, 0.3) is 0 Å². The molecule has 1 aliphatic rings. The molecule has 4 heteroatoms. The summed E-state index contributed by atoms with van der Waals surface area (Å²) >= 11 is 6.01. The number of methoxy groups -OCH3 is 1. The summed E-state index contributed by atoms with van der Waals surface area (Å²) in [7, 11) is 1.57. The van der Waals surface area contributed by atoms with Gasteiger partial charge in [-0.15, -0.1) is 0 Å². The van der Waals surface area contributed by atoms with E-state index >= 15 is 0 Å². The SMILES string of the molecule is COc1ccc(C(=O)C2CNC2)c(Cl)c1. The molecule has 0 saturated carbocycles. The zero-order valence-electron chi connectivity index (χ0n) is 8.42. The molecule has 1 aromatic rings. The third-order valence-corrected chi connectivity index (χ3v) is 2.91. The normalized spacial score (nSPS) is 15.9. The van der Waals surface area contributed by atoms with Gasteiger partial charge in [0.1, 0.15) is 5.75 Å². The predicted octanol–water partition coefficient (Wildman–Crippen LogP) is 1.75. The molecular formula is C11H12ClNO2. The van der Waals surface area contributed by atoms with E-state index in [9.17, 15) is 4.79 Å². The lowest BCUT2D eigenvalue weighted by atomic mass is 9.93. The summed E-state index contributed by atoms with van der Waals surface area (Å²) < 4.78 is 5.02. The molecule has 0 amide bonds. The quantitative estimate of drug-likeness (QED) is 0.797. The highest BCUT2D eigenvalue weighted by atomic mass is 35.5. The number of hydrogen-bond donors (Lipinski definition) is 1. The third kappa shape index (κ3) is 1.98. The Morgan fingerprint density at radius 1 is 1.53 bits per heavy atom. The summed E-state index contributed by atoms with van der Waals surface area (Å²) in [6.45, 7) is 1.50. The second kappa shape index (κ2) is 4.21. The topological polar surface area (TPSA) is 38.3 Å². The maximum atomic E-state index is 11.9. The molecule has 80 valence electrons.